The van der Waals surface area contributed by atoms with Crippen LogP contribution in [0.4, 0.5) is 0 Å². The average Bonchev–Trinajstić information content (AvgIpc) is 2.28. The molecule has 0 amide bonds. The van der Waals surface area contributed by atoms with Gasteiger partial charge in [0, 0.05) is 18.1 Å². The van der Waals surface area contributed by atoms with E-state index in [9.17, 15) is 0 Å². The SMILES string of the molecule is C=CCN(CCCC1CCCCN1)C(C)(C)C. The molecule has 2 nitrogen and oxygen atoms in total. The first-order valence-corrected chi connectivity index (χ1v) is 7.13. The van der Waals surface area contributed by atoms with E-state index < -0.39 is 0 Å². The smallest absolute Gasteiger partial charge is 0.0165 e. The minimum atomic E-state index is 0.258. The van der Waals surface area contributed by atoms with E-state index in [1.807, 2.05) is 6.08 Å². The van der Waals surface area contributed by atoms with Gasteiger partial charge in [0.15, 0.2) is 0 Å². The van der Waals surface area contributed by atoms with Crippen LogP contribution in [0, 0.1) is 0 Å². The molecule has 0 aromatic rings. The summed E-state index contributed by atoms with van der Waals surface area (Å²) >= 11 is 0. The van der Waals surface area contributed by atoms with Gasteiger partial charge in [-0.15, -0.1) is 6.58 Å². The van der Waals surface area contributed by atoms with Gasteiger partial charge in [-0.1, -0.05) is 12.5 Å². The summed E-state index contributed by atoms with van der Waals surface area (Å²) in [5.41, 5.74) is 0.258. The highest BCUT2D eigenvalue weighted by atomic mass is 15.2. The highest BCUT2D eigenvalue weighted by Gasteiger charge is 2.20. The summed E-state index contributed by atoms with van der Waals surface area (Å²) in [5, 5.41) is 3.62. The van der Waals surface area contributed by atoms with Crippen molar-refractivity contribution >= 4 is 0 Å². The summed E-state index contributed by atoms with van der Waals surface area (Å²) in [5.74, 6) is 0. The van der Waals surface area contributed by atoms with Crippen LogP contribution in [-0.4, -0.2) is 36.1 Å². The predicted octanol–water partition coefficient (Wildman–Crippen LogP) is 3.20. The molecule has 0 aromatic heterocycles. The van der Waals surface area contributed by atoms with E-state index in [0.717, 1.165) is 12.6 Å². The van der Waals surface area contributed by atoms with Crippen LogP contribution in [0.15, 0.2) is 12.7 Å². The Morgan fingerprint density at radius 1 is 1.35 bits per heavy atom. The Labute approximate surface area is 107 Å². The van der Waals surface area contributed by atoms with E-state index in [0.29, 0.717) is 0 Å². The van der Waals surface area contributed by atoms with Gasteiger partial charge in [-0.2, -0.15) is 0 Å². The summed E-state index contributed by atoms with van der Waals surface area (Å²) < 4.78 is 0. The number of piperidine rings is 1. The normalized spacial score (nSPS) is 21.8. The van der Waals surface area contributed by atoms with Crippen molar-refractivity contribution < 1.29 is 0 Å². The van der Waals surface area contributed by atoms with E-state index in [-0.39, 0.29) is 5.54 Å². The van der Waals surface area contributed by atoms with Crippen molar-refractivity contribution in [3.05, 3.63) is 12.7 Å². The molecule has 0 aliphatic carbocycles. The molecule has 0 saturated carbocycles. The second-order valence-corrected chi connectivity index (χ2v) is 6.19. The highest BCUT2D eigenvalue weighted by molar-refractivity contribution is 4.83. The fraction of sp³-hybridized carbons (Fsp3) is 0.867. The van der Waals surface area contributed by atoms with Crippen molar-refractivity contribution in [3.8, 4) is 0 Å². The van der Waals surface area contributed by atoms with Crippen molar-refractivity contribution in [2.24, 2.45) is 0 Å². The van der Waals surface area contributed by atoms with Crippen LogP contribution in [0.3, 0.4) is 0 Å². The quantitative estimate of drug-likeness (QED) is 0.715. The first-order chi connectivity index (χ1) is 8.04. The molecule has 1 N–H and O–H groups in total. The zero-order valence-electron chi connectivity index (χ0n) is 12.0. The molecule has 0 bridgehead atoms. The maximum Gasteiger partial charge on any atom is 0.0165 e. The third-order valence-electron chi connectivity index (χ3n) is 3.69. The van der Waals surface area contributed by atoms with Crippen molar-refractivity contribution in [3.63, 3.8) is 0 Å². The topological polar surface area (TPSA) is 15.3 Å². The van der Waals surface area contributed by atoms with Gasteiger partial charge < -0.3 is 5.32 Å². The summed E-state index contributed by atoms with van der Waals surface area (Å²) in [7, 11) is 0. The lowest BCUT2D eigenvalue weighted by Crippen LogP contribution is -2.42. The maximum atomic E-state index is 3.86. The summed E-state index contributed by atoms with van der Waals surface area (Å²) in [6.45, 7) is 14.1. The van der Waals surface area contributed by atoms with Crippen LogP contribution in [0.5, 0.6) is 0 Å². The number of nitrogens with zero attached hydrogens (tertiary/aromatic N) is 1. The zero-order valence-corrected chi connectivity index (χ0v) is 12.0. The molecule has 1 rings (SSSR count). The largest absolute Gasteiger partial charge is 0.314 e. The van der Waals surface area contributed by atoms with Crippen LogP contribution in [0.25, 0.3) is 0 Å². The van der Waals surface area contributed by atoms with Crippen molar-refractivity contribution in [2.75, 3.05) is 19.6 Å². The third-order valence-corrected chi connectivity index (χ3v) is 3.69. The van der Waals surface area contributed by atoms with Gasteiger partial charge >= 0.3 is 0 Å². The highest BCUT2D eigenvalue weighted by Crippen LogP contribution is 2.16. The molecule has 2 heteroatoms. The Bertz CT molecular complexity index is 211. The molecule has 1 aliphatic heterocycles. The Morgan fingerprint density at radius 3 is 2.65 bits per heavy atom. The van der Waals surface area contributed by atoms with Gasteiger partial charge in [0.2, 0.25) is 0 Å². The standard InChI is InChI=1S/C15H30N2/c1-5-12-17(15(2,3)4)13-8-10-14-9-6-7-11-16-14/h5,14,16H,1,6-13H2,2-4H3. The maximum absolute atomic E-state index is 3.86. The van der Waals surface area contributed by atoms with Crippen LogP contribution in [0.1, 0.15) is 52.9 Å². The van der Waals surface area contributed by atoms with E-state index in [1.54, 1.807) is 0 Å². The summed E-state index contributed by atoms with van der Waals surface area (Å²) in [6, 6.07) is 0.772. The van der Waals surface area contributed by atoms with Crippen LogP contribution in [-0.2, 0) is 0 Å². The first-order valence-electron chi connectivity index (χ1n) is 7.13. The monoisotopic (exact) mass is 238 g/mol. The number of rotatable bonds is 6. The Kier molecular flexibility index (Phi) is 6.21. The van der Waals surface area contributed by atoms with Crippen molar-refractivity contribution in [2.45, 2.75) is 64.5 Å². The average molecular weight is 238 g/mol. The lowest BCUT2D eigenvalue weighted by atomic mass is 9.99. The third kappa shape index (κ3) is 5.69. The summed E-state index contributed by atoms with van der Waals surface area (Å²) in [6.07, 6.45) is 8.78. The van der Waals surface area contributed by atoms with Crippen LogP contribution < -0.4 is 5.32 Å². The van der Waals surface area contributed by atoms with E-state index >= 15 is 0 Å². The Hall–Kier alpha value is -0.340. The van der Waals surface area contributed by atoms with Gasteiger partial charge in [-0.05, 0) is 59.5 Å². The van der Waals surface area contributed by atoms with E-state index in [4.69, 9.17) is 0 Å². The van der Waals surface area contributed by atoms with Gasteiger partial charge in [0.25, 0.3) is 0 Å². The van der Waals surface area contributed by atoms with Gasteiger partial charge in [0.05, 0.1) is 0 Å². The molecule has 1 atom stereocenters. The molecule has 1 unspecified atom stereocenters. The fourth-order valence-corrected chi connectivity index (χ4v) is 2.56. The molecule has 0 radical (unpaired) electrons. The zero-order chi connectivity index (χ0) is 12.7. The predicted molar refractivity (Wildman–Crippen MR) is 76.4 cm³/mol. The van der Waals surface area contributed by atoms with E-state index in [1.165, 1.54) is 45.2 Å². The lowest BCUT2D eigenvalue weighted by Gasteiger charge is -2.35. The van der Waals surface area contributed by atoms with Crippen molar-refractivity contribution in [1.29, 1.82) is 0 Å². The molecule has 1 saturated heterocycles. The molecule has 0 aromatic carbocycles. The molecule has 17 heavy (non-hydrogen) atoms. The van der Waals surface area contributed by atoms with Crippen LogP contribution in [0.2, 0.25) is 0 Å². The molecule has 1 fully saturated rings. The van der Waals surface area contributed by atoms with Gasteiger partial charge in [-0.25, -0.2) is 0 Å². The van der Waals surface area contributed by atoms with Crippen molar-refractivity contribution in [1.82, 2.24) is 10.2 Å². The van der Waals surface area contributed by atoms with Gasteiger partial charge in [0.1, 0.15) is 0 Å². The second-order valence-electron chi connectivity index (χ2n) is 6.19. The molecular formula is C15H30N2. The molecule has 1 heterocycles. The molecule has 1 aliphatic rings. The minimum Gasteiger partial charge on any atom is -0.314 e. The second kappa shape index (κ2) is 7.17. The molecular weight excluding hydrogens is 208 g/mol. The Balaban J connectivity index is 2.24. The Morgan fingerprint density at radius 2 is 2.12 bits per heavy atom. The van der Waals surface area contributed by atoms with Gasteiger partial charge in [-0.3, -0.25) is 4.90 Å². The summed E-state index contributed by atoms with van der Waals surface area (Å²) in [4.78, 5) is 2.52. The van der Waals surface area contributed by atoms with Crippen LogP contribution >= 0.6 is 0 Å². The van der Waals surface area contributed by atoms with E-state index in [2.05, 4.69) is 37.6 Å². The molecule has 0 spiro atoms. The first kappa shape index (κ1) is 14.7. The lowest BCUT2D eigenvalue weighted by molar-refractivity contribution is 0.148. The fourth-order valence-electron chi connectivity index (χ4n) is 2.56. The number of hydrogen-bond acceptors (Lipinski definition) is 2. The minimum absolute atomic E-state index is 0.258. The number of nitrogens with one attached hydrogen (secondary N) is 1. The molecule has 100 valence electrons. The number of hydrogen-bond donors (Lipinski definition) is 1.